The summed E-state index contributed by atoms with van der Waals surface area (Å²) < 4.78 is 1.33. The molecule has 0 bridgehead atoms. The first-order chi connectivity index (χ1) is 11.4. The molecule has 2 aromatic rings. The first kappa shape index (κ1) is 17.7. The van der Waals surface area contributed by atoms with Crippen molar-refractivity contribution in [3.8, 4) is 0 Å². The maximum absolute atomic E-state index is 12.5. The van der Waals surface area contributed by atoms with Gasteiger partial charge in [-0.15, -0.1) is 0 Å². The molecule has 1 aromatic heterocycles. The largest absolute Gasteiger partial charge is 0.356 e. The minimum Gasteiger partial charge on any atom is -0.356 e. The fraction of sp³-hybridized carbons (Fsp3) is 0.412. The number of carbonyl (C=O) groups excluding carboxylic acids is 2. The van der Waals surface area contributed by atoms with Gasteiger partial charge in [0.2, 0.25) is 5.91 Å². The average Bonchev–Trinajstić information content (AvgIpc) is 2.54. The Balaban J connectivity index is 2.24. The van der Waals surface area contributed by atoms with Crippen LogP contribution in [0.3, 0.4) is 0 Å². The van der Waals surface area contributed by atoms with Gasteiger partial charge in [-0.1, -0.05) is 18.2 Å². The molecule has 2 N–H and O–H groups in total. The van der Waals surface area contributed by atoms with E-state index in [-0.39, 0.29) is 29.1 Å². The highest BCUT2D eigenvalue weighted by molar-refractivity contribution is 6.04. The maximum atomic E-state index is 12.5. The number of hydrogen-bond donors (Lipinski definition) is 2. The van der Waals surface area contributed by atoms with Gasteiger partial charge in [0.25, 0.3) is 11.5 Å². The summed E-state index contributed by atoms with van der Waals surface area (Å²) in [6.07, 6.45) is 0.618. The van der Waals surface area contributed by atoms with E-state index in [1.165, 1.54) is 11.6 Å². The first-order valence-electron chi connectivity index (χ1n) is 7.96. The standard InChI is InChI=1S/C17H22N4O3/c1-11(2)21-17(24)14-8-5-4-7-13(14)15(20-21)16(23)19-10-6-9-18-12(3)22/h4-5,7-8,11H,6,9-10H2,1-3H3,(H,18,22)(H,19,23). The molecule has 0 aliphatic rings. The lowest BCUT2D eigenvalue weighted by molar-refractivity contribution is -0.118. The molecule has 0 fully saturated rings. The van der Waals surface area contributed by atoms with E-state index in [0.717, 1.165) is 0 Å². The van der Waals surface area contributed by atoms with Crippen molar-refractivity contribution in [1.29, 1.82) is 0 Å². The summed E-state index contributed by atoms with van der Waals surface area (Å²) in [7, 11) is 0. The van der Waals surface area contributed by atoms with Gasteiger partial charge in [0.15, 0.2) is 5.69 Å². The molecule has 2 rings (SSSR count). The van der Waals surface area contributed by atoms with Crippen LogP contribution >= 0.6 is 0 Å². The minimum atomic E-state index is -0.330. The van der Waals surface area contributed by atoms with Crippen molar-refractivity contribution in [2.45, 2.75) is 33.2 Å². The molecule has 0 spiro atoms. The third kappa shape index (κ3) is 3.98. The molecular formula is C17H22N4O3. The molecule has 0 unspecified atom stereocenters. The summed E-state index contributed by atoms with van der Waals surface area (Å²) in [5.74, 6) is -0.429. The van der Waals surface area contributed by atoms with Gasteiger partial charge in [-0.25, -0.2) is 4.68 Å². The minimum absolute atomic E-state index is 0.0991. The van der Waals surface area contributed by atoms with Crippen molar-refractivity contribution in [3.05, 3.63) is 40.3 Å². The van der Waals surface area contributed by atoms with Crippen molar-refractivity contribution in [2.24, 2.45) is 0 Å². The van der Waals surface area contributed by atoms with Crippen LogP contribution in [-0.2, 0) is 4.79 Å². The molecule has 0 saturated heterocycles. The van der Waals surface area contributed by atoms with Crippen molar-refractivity contribution in [1.82, 2.24) is 20.4 Å². The predicted octanol–water partition coefficient (Wildman–Crippen LogP) is 1.23. The summed E-state index contributed by atoms with van der Waals surface area (Å²) in [5.41, 5.74) is 0.0289. The van der Waals surface area contributed by atoms with Crippen molar-refractivity contribution in [2.75, 3.05) is 13.1 Å². The molecular weight excluding hydrogens is 308 g/mol. The lowest BCUT2D eigenvalue weighted by atomic mass is 10.1. The number of amides is 2. The second-order valence-corrected chi connectivity index (χ2v) is 5.83. The number of nitrogens with one attached hydrogen (secondary N) is 2. The second-order valence-electron chi connectivity index (χ2n) is 5.83. The van der Waals surface area contributed by atoms with E-state index in [1.807, 2.05) is 13.8 Å². The van der Waals surface area contributed by atoms with Gasteiger partial charge in [-0.2, -0.15) is 5.10 Å². The number of hydrogen-bond acceptors (Lipinski definition) is 4. The molecule has 7 nitrogen and oxygen atoms in total. The highest BCUT2D eigenvalue weighted by Gasteiger charge is 2.17. The summed E-state index contributed by atoms with van der Waals surface area (Å²) in [4.78, 5) is 35.7. The third-order valence-corrected chi connectivity index (χ3v) is 3.55. The Kier molecular flexibility index (Phi) is 5.68. The van der Waals surface area contributed by atoms with E-state index in [1.54, 1.807) is 24.3 Å². The Morgan fingerprint density at radius 3 is 2.38 bits per heavy atom. The van der Waals surface area contributed by atoms with E-state index in [9.17, 15) is 14.4 Å². The van der Waals surface area contributed by atoms with Gasteiger partial charge in [0, 0.05) is 25.4 Å². The number of rotatable bonds is 6. The van der Waals surface area contributed by atoms with Crippen LogP contribution in [0.2, 0.25) is 0 Å². The number of fused-ring (bicyclic) bond motifs is 1. The Morgan fingerprint density at radius 1 is 1.12 bits per heavy atom. The highest BCUT2D eigenvalue weighted by Crippen LogP contribution is 2.14. The van der Waals surface area contributed by atoms with Crippen LogP contribution in [0.5, 0.6) is 0 Å². The predicted molar refractivity (Wildman–Crippen MR) is 92.0 cm³/mol. The Hall–Kier alpha value is -2.70. The lowest BCUT2D eigenvalue weighted by Gasteiger charge is -2.13. The normalized spacial score (nSPS) is 10.8. The topological polar surface area (TPSA) is 93.1 Å². The fourth-order valence-corrected chi connectivity index (χ4v) is 2.36. The van der Waals surface area contributed by atoms with E-state index >= 15 is 0 Å². The quantitative estimate of drug-likeness (QED) is 0.779. The van der Waals surface area contributed by atoms with Crippen molar-refractivity contribution < 1.29 is 9.59 Å². The van der Waals surface area contributed by atoms with E-state index in [0.29, 0.717) is 30.3 Å². The fourth-order valence-electron chi connectivity index (χ4n) is 2.36. The summed E-state index contributed by atoms with van der Waals surface area (Å²) >= 11 is 0. The van der Waals surface area contributed by atoms with Gasteiger partial charge in [0.1, 0.15) is 0 Å². The second kappa shape index (κ2) is 7.72. The molecule has 0 aliphatic carbocycles. The van der Waals surface area contributed by atoms with E-state index in [4.69, 9.17) is 0 Å². The van der Waals surface area contributed by atoms with Crippen molar-refractivity contribution >= 4 is 22.6 Å². The van der Waals surface area contributed by atoms with E-state index in [2.05, 4.69) is 15.7 Å². The number of benzene rings is 1. The molecule has 0 saturated carbocycles. The zero-order chi connectivity index (χ0) is 17.7. The van der Waals surface area contributed by atoms with Crippen LogP contribution in [0.15, 0.2) is 29.1 Å². The Bertz CT molecular complexity index is 811. The highest BCUT2D eigenvalue weighted by atomic mass is 16.2. The first-order valence-corrected chi connectivity index (χ1v) is 7.96. The molecule has 7 heteroatoms. The van der Waals surface area contributed by atoms with Crippen LogP contribution in [0, 0.1) is 0 Å². The van der Waals surface area contributed by atoms with Gasteiger partial charge < -0.3 is 10.6 Å². The Labute approximate surface area is 140 Å². The third-order valence-electron chi connectivity index (χ3n) is 3.55. The maximum Gasteiger partial charge on any atom is 0.274 e. The number of aromatic nitrogens is 2. The zero-order valence-electron chi connectivity index (χ0n) is 14.1. The lowest BCUT2D eigenvalue weighted by Crippen LogP contribution is -2.33. The van der Waals surface area contributed by atoms with Crippen LogP contribution in [0.4, 0.5) is 0 Å². The van der Waals surface area contributed by atoms with Gasteiger partial charge in [-0.3, -0.25) is 14.4 Å². The summed E-state index contributed by atoms with van der Waals surface area (Å²) in [5, 5.41) is 10.7. The number of carbonyl (C=O) groups is 2. The van der Waals surface area contributed by atoms with Gasteiger partial charge in [-0.05, 0) is 26.3 Å². The van der Waals surface area contributed by atoms with Crippen LogP contribution in [0.1, 0.15) is 43.7 Å². The van der Waals surface area contributed by atoms with Gasteiger partial charge >= 0.3 is 0 Å². The van der Waals surface area contributed by atoms with Crippen molar-refractivity contribution in [3.63, 3.8) is 0 Å². The van der Waals surface area contributed by atoms with Gasteiger partial charge in [0.05, 0.1) is 11.4 Å². The molecule has 0 atom stereocenters. The monoisotopic (exact) mass is 330 g/mol. The summed E-state index contributed by atoms with van der Waals surface area (Å²) in [6, 6.07) is 6.82. The average molecular weight is 330 g/mol. The smallest absolute Gasteiger partial charge is 0.274 e. The molecule has 2 amide bonds. The molecule has 0 aliphatic heterocycles. The molecule has 1 heterocycles. The van der Waals surface area contributed by atoms with Crippen LogP contribution in [0.25, 0.3) is 10.8 Å². The molecule has 24 heavy (non-hydrogen) atoms. The van der Waals surface area contributed by atoms with Crippen LogP contribution in [-0.4, -0.2) is 34.7 Å². The molecule has 0 radical (unpaired) electrons. The molecule has 128 valence electrons. The zero-order valence-corrected chi connectivity index (χ0v) is 14.1. The molecule has 1 aromatic carbocycles. The Morgan fingerprint density at radius 2 is 1.75 bits per heavy atom. The van der Waals surface area contributed by atoms with Crippen LogP contribution < -0.4 is 16.2 Å². The SMILES string of the molecule is CC(=O)NCCCNC(=O)c1nn(C(C)C)c(=O)c2ccccc12. The van der Waals surface area contributed by atoms with E-state index < -0.39 is 0 Å². The summed E-state index contributed by atoms with van der Waals surface area (Å²) in [6.45, 7) is 6.05. The number of nitrogens with zero attached hydrogens (tertiary/aromatic N) is 2.